The predicted molar refractivity (Wildman–Crippen MR) is 143 cm³/mol. The summed E-state index contributed by atoms with van der Waals surface area (Å²) in [6, 6.07) is 16.3. The zero-order valence-electron chi connectivity index (χ0n) is 21.1. The van der Waals surface area contributed by atoms with Crippen molar-refractivity contribution >= 4 is 34.7 Å². The molecule has 1 unspecified atom stereocenters. The van der Waals surface area contributed by atoms with Crippen molar-refractivity contribution < 1.29 is 28.9 Å². The monoisotopic (exact) mass is 521 g/mol. The summed E-state index contributed by atoms with van der Waals surface area (Å²) in [5, 5.41) is 11.7. The number of methoxy groups -OCH3 is 2. The summed E-state index contributed by atoms with van der Waals surface area (Å²) in [6.45, 7) is 4.27. The van der Waals surface area contributed by atoms with Crippen LogP contribution in [0, 0.1) is 0 Å². The van der Waals surface area contributed by atoms with Crippen molar-refractivity contribution in [2.24, 2.45) is 0 Å². The van der Waals surface area contributed by atoms with Crippen molar-refractivity contribution in [1.29, 1.82) is 0 Å². The van der Waals surface area contributed by atoms with E-state index in [1.165, 1.54) is 25.2 Å². The van der Waals surface area contributed by atoms with Crippen LogP contribution in [0.5, 0.6) is 17.2 Å². The molecule has 7 nitrogen and oxygen atoms in total. The molecule has 1 N–H and O–H groups in total. The third-order valence-electron chi connectivity index (χ3n) is 6.30. The van der Waals surface area contributed by atoms with Gasteiger partial charge in [-0.25, -0.2) is 0 Å². The lowest BCUT2D eigenvalue weighted by atomic mass is 9.94. The Hall–Kier alpha value is -3.97. The van der Waals surface area contributed by atoms with Crippen LogP contribution in [-0.4, -0.2) is 37.6 Å². The van der Waals surface area contributed by atoms with Crippen molar-refractivity contribution in [1.82, 2.24) is 0 Å². The van der Waals surface area contributed by atoms with Gasteiger partial charge in [-0.15, -0.1) is 0 Å². The number of benzene rings is 3. The number of hydrogen-bond acceptors (Lipinski definition) is 6. The van der Waals surface area contributed by atoms with Crippen LogP contribution < -0.4 is 19.1 Å². The Balaban J connectivity index is 1.98. The number of rotatable bonds is 8. The summed E-state index contributed by atoms with van der Waals surface area (Å²) in [4.78, 5) is 28.3. The molecule has 0 aromatic heterocycles. The second-order valence-electron chi connectivity index (χ2n) is 8.38. The van der Waals surface area contributed by atoms with Gasteiger partial charge < -0.3 is 19.3 Å². The minimum Gasteiger partial charge on any atom is -0.507 e. The molecule has 4 rings (SSSR count). The first kappa shape index (κ1) is 26.1. The fourth-order valence-corrected chi connectivity index (χ4v) is 4.60. The van der Waals surface area contributed by atoms with Crippen LogP contribution in [0.4, 0.5) is 5.69 Å². The van der Waals surface area contributed by atoms with Gasteiger partial charge in [-0.1, -0.05) is 36.7 Å². The number of amides is 1. The van der Waals surface area contributed by atoms with E-state index in [4.69, 9.17) is 25.8 Å². The molecule has 0 aliphatic carbocycles. The Kier molecular flexibility index (Phi) is 7.74. The molecular weight excluding hydrogens is 494 g/mol. The second-order valence-corrected chi connectivity index (χ2v) is 8.79. The van der Waals surface area contributed by atoms with E-state index in [2.05, 4.69) is 0 Å². The largest absolute Gasteiger partial charge is 0.507 e. The van der Waals surface area contributed by atoms with E-state index in [9.17, 15) is 14.7 Å². The molecule has 1 fully saturated rings. The van der Waals surface area contributed by atoms with Gasteiger partial charge in [0.15, 0.2) is 11.5 Å². The molecule has 3 aromatic carbocycles. The minimum atomic E-state index is -0.945. The first-order valence-corrected chi connectivity index (χ1v) is 12.3. The van der Waals surface area contributed by atoms with Crippen LogP contribution in [0.3, 0.4) is 0 Å². The number of ketones is 1. The number of aliphatic hydroxyl groups excluding tert-OH is 1. The number of aliphatic hydroxyl groups is 1. The van der Waals surface area contributed by atoms with Crippen molar-refractivity contribution in [3.63, 3.8) is 0 Å². The van der Waals surface area contributed by atoms with Crippen molar-refractivity contribution in [3.8, 4) is 17.2 Å². The highest BCUT2D eigenvalue weighted by molar-refractivity contribution is 6.52. The lowest BCUT2D eigenvalue weighted by Gasteiger charge is -2.26. The SMILES string of the molecule is CCOc1cc(C2/C(=C(\O)c3cc(OC)ccc3Cl)C(=O)C(=O)N2c2ccc(CC)cc2)ccc1OC. The van der Waals surface area contributed by atoms with E-state index in [0.29, 0.717) is 35.1 Å². The van der Waals surface area contributed by atoms with Gasteiger partial charge in [0.2, 0.25) is 0 Å². The topological polar surface area (TPSA) is 85.3 Å². The van der Waals surface area contributed by atoms with E-state index in [-0.39, 0.29) is 16.2 Å². The quantitative estimate of drug-likeness (QED) is 0.224. The molecule has 1 amide bonds. The molecule has 0 bridgehead atoms. The van der Waals surface area contributed by atoms with Gasteiger partial charge in [0.05, 0.1) is 37.5 Å². The Labute approximate surface area is 220 Å². The van der Waals surface area contributed by atoms with Gasteiger partial charge in [-0.05, 0) is 66.9 Å². The average Bonchev–Trinajstić information content (AvgIpc) is 3.18. The number of nitrogens with zero attached hydrogens (tertiary/aromatic N) is 1. The lowest BCUT2D eigenvalue weighted by molar-refractivity contribution is -0.132. The number of halogens is 1. The summed E-state index contributed by atoms with van der Waals surface area (Å²) in [5.41, 5.74) is 2.26. The summed E-state index contributed by atoms with van der Waals surface area (Å²) in [5.74, 6) is -0.582. The number of Topliss-reactive ketones (excluding diaryl/α,β-unsaturated/α-hetero) is 1. The second kappa shape index (κ2) is 11.0. The number of ether oxygens (including phenoxy) is 3. The van der Waals surface area contributed by atoms with Gasteiger partial charge in [0.25, 0.3) is 11.7 Å². The molecule has 1 aliphatic rings. The maximum absolute atomic E-state index is 13.5. The predicted octanol–water partition coefficient (Wildman–Crippen LogP) is 5.94. The Morgan fingerprint density at radius 2 is 1.68 bits per heavy atom. The molecule has 1 heterocycles. The van der Waals surface area contributed by atoms with Crippen molar-refractivity contribution in [3.05, 3.63) is 87.9 Å². The molecule has 3 aromatic rings. The molecule has 192 valence electrons. The normalized spacial score (nSPS) is 16.7. The first-order valence-electron chi connectivity index (χ1n) is 11.9. The van der Waals surface area contributed by atoms with Crippen LogP contribution in [0.25, 0.3) is 5.76 Å². The molecular formula is C29H28ClNO6. The van der Waals surface area contributed by atoms with Crippen LogP contribution in [-0.2, 0) is 16.0 Å². The van der Waals surface area contributed by atoms with Gasteiger partial charge in [-0.2, -0.15) is 0 Å². The number of carbonyl (C=O) groups is 2. The summed E-state index contributed by atoms with van der Waals surface area (Å²) in [7, 11) is 3.02. The van der Waals surface area contributed by atoms with E-state index in [1.807, 2.05) is 26.0 Å². The fourth-order valence-electron chi connectivity index (χ4n) is 4.40. The molecule has 1 saturated heterocycles. The highest BCUT2D eigenvalue weighted by Gasteiger charge is 2.47. The van der Waals surface area contributed by atoms with Crippen molar-refractivity contribution in [2.45, 2.75) is 26.3 Å². The number of carbonyl (C=O) groups excluding carboxylic acids is 2. The van der Waals surface area contributed by atoms with Crippen molar-refractivity contribution in [2.75, 3.05) is 25.7 Å². The van der Waals surface area contributed by atoms with Crippen LogP contribution in [0.15, 0.2) is 66.2 Å². The standard InChI is InChI=1S/C29H28ClNO6/c1-5-17-7-10-19(11-8-17)31-26(18-9-14-23(36-4)24(15-18)37-6-2)25(28(33)29(31)34)27(32)21-16-20(35-3)12-13-22(21)30/h7-16,26,32H,5-6H2,1-4H3/b27-25+. The van der Waals surface area contributed by atoms with Gasteiger partial charge in [0, 0.05) is 11.3 Å². The van der Waals surface area contributed by atoms with Gasteiger partial charge in [-0.3, -0.25) is 14.5 Å². The third-order valence-corrected chi connectivity index (χ3v) is 6.63. The minimum absolute atomic E-state index is 0.0904. The molecule has 0 radical (unpaired) electrons. The average molecular weight is 522 g/mol. The summed E-state index contributed by atoms with van der Waals surface area (Å²) < 4.78 is 16.4. The Bertz CT molecular complexity index is 1370. The lowest BCUT2D eigenvalue weighted by Crippen LogP contribution is -2.29. The number of hydrogen-bond donors (Lipinski definition) is 1. The smallest absolute Gasteiger partial charge is 0.300 e. The first-order chi connectivity index (χ1) is 17.8. The maximum Gasteiger partial charge on any atom is 0.300 e. The molecule has 8 heteroatoms. The van der Waals surface area contributed by atoms with E-state index >= 15 is 0 Å². The van der Waals surface area contributed by atoms with E-state index < -0.39 is 23.5 Å². The zero-order chi connectivity index (χ0) is 26.7. The van der Waals surface area contributed by atoms with E-state index in [1.54, 1.807) is 42.5 Å². The third kappa shape index (κ3) is 4.87. The summed E-state index contributed by atoms with van der Waals surface area (Å²) >= 11 is 6.40. The molecule has 37 heavy (non-hydrogen) atoms. The van der Waals surface area contributed by atoms with Crippen LogP contribution in [0.1, 0.15) is 36.6 Å². The van der Waals surface area contributed by atoms with Gasteiger partial charge in [0.1, 0.15) is 11.5 Å². The van der Waals surface area contributed by atoms with Crippen LogP contribution >= 0.6 is 11.6 Å². The molecule has 0 saturated carbocycles. The highest BCUT2D eigenvalue weighted by Crippen LogP contribution is 2.45. The number of aryl methyl sites for hydroxylation is 1. The molecule has 0 spiro atoms. The number of anilines is 1. The maximum atomic E-state index is 13.5. The van der Waals surface area contributed by atoms with Crippen LogP contribution in [0.2, 0.25) is 5.02 Å². The van der Waals surface area contributed by atoms with Gasteiger partial charge >= 0.3 is 0 Å². The Morgan fingerprint density at radius 3 is 2.30 bits per heavy atom. The Morgan fingerprint density at radius 1 is 0.946 bits per heavy atom. The molecule has 1 atom stereocenters. The highest BCUT2D eigenvalue weighted by atomic mass is 35.5. The van der Waals surface area contributed by atoms with E-state index in [0.717, 1.165) is 12.0 Å². The fraction of sp³-hybridized carbons (Fsp3) is 0.241. The summed E-state index contributed by atoms with van der Waals surface area (Å²) in [6.07, 6.45) is 0.826. The zero-order valence-corrected chi connectivity index (χ0v) is 21.8. The molecule has 1 aliphatic heterocycles.